The average molecular weight is 335 g/mol. The zero-order valence-corrected chi connectivity index (χ0v) is 13.0. The molecule has 0 radical (unpaired) electrons. The highest BCUT2D eigenvalue weighted by Crippen LogP contribution is 2.36. The third kappa shape index (κ3) is 3.09. The minimum Gasteiger partial charge on any atom is -0.465 e. The van der Waals surface area contributed by atoms with Crippen molar-refractivity contribution in [2.24, 2.45) is 5.92 Å². The molecular formula is C18H16F3NO2. The summed E-state index contributed by atoms with van der Waals surface area (Å²) in [6, 6.07) is 5.23. The quantitative estimate of drug-likeness (QED) is 0.781. The number of benzene rings is 1. The van der Waals surface area contributed by atoms with Gasteiger partial charge in [-0.3, -0.25) is 0 Å². The number of methoxy groups -OCH3 is 1. The Morgan fingerprint density at radius 3 is 2.88 bits per heavy atom. The predicted octanol–water partition coefficient (Wildman–Crippen LogP) is 4.04. The van der Waals surface area contributed by atoms with Crippen LogP contribution in [-0.2, 0) is 22.3 Å². The second-order valence-electron chi connectivity index (χ2n) is 5.70. The van der Waals surface area contributed by atoms with E-state index in [4.69, 9.17) is 4.74 Å². The molecule has 3 nitrogen and oxygen atoms in total. The van der Waals surface area contributed by atoms with Gasteiger partial charge in [0.05, 0.1) is 18.2 Å². The summed E-state index contributed by atoms with van der Waals surface area (Å²) < 4.78 is 43.4. The number of rotatable bonds is 3. The molecule has 1 unspecified atom stereocenters. The van der Waals surface area contributed by atoms with Gasteiger partial charge in [0.25, 0.3) is 0 Å². The lowest BCUT2D eigenvalue weighted by atomic mass is 9.93. The van der Waals surface area contributed by atoms with Crippen LogP contribution in [0.5, 0.6) is 0 Å². The topological polar surface area (TPSA) is 29.5 Å². The number of hydrogen-bond donors (Lipinski definition) is 0. The highest BCUT2D eigenvalue weighted by Gasteiger charge is 2.32. The van der Waals surface area contributed by atoms with Crippen LogP contribution in [0.1, 0.15) is 17.5 Å². The van der Waals surface area contributed by atoms with Gasteiger partial charge in [0, 0.05) is 24.4 Å². The summed E-state index contributed by atoms with van der Waals surface area (Å²) in [6.45, 7) is 0.264. The molecule has 2 aliphatic rings. The minimum atomic E-state index is -4.37. The summed E-state index contributed by atoms with van der Waals surface area (Å²) >= 11 is 0. The standard InChI is InChI=1S/C18H16F3NO2/c1-24-17(23)15-7-3-5-13-8-9-22(16(13)15)11-12-4-2-6-14(10-12)18(19,20)21/h2-4,6-10,13H,5,11H2,1H3. The molecule has 6 heteroatoms. The number of halogens is 3. The minimum absolute atomic E-state index is 0.0508. The Hall–Kier alpha value is -2.50. The summed E-state index contributed by atoms with van der Waals surface area (Å²) in [5.74, 6) is -0.390. The molecule has 1 aromatic rings. The third-order valence-corrected chi connectivity index (χ3v) is 4.12. The first-order valence-electron chi connectivity index (χ1n) is 7.50. The van der Waals surface area contributed by atoms with Crippen LogP contribution in [-0.4, -0.2) is 18.0 Å². The number of carbonyl (C=O) groups is 1. The van der Waals surface area contributed by atoms with Crippen molar-refractivity contribution in [1.82, 2.24) is 4.90 Å². The number of alkyl halides is 3. The monoisotopic (exact) mass is 335 g/mol. The van der Waals surface area contributed by atoms with E-state index < -0.39 is 17.7 Å². The van der Waals surface area contributed by atoms with Gasteiger partial charge in [-0.25, -0.2) is 4.79 Å². The Kier molecular flexibility index (Phi) is 4.22. The maximum absolute atomic E-state index is 12.9. The molecule has 126 valence electrons. The van der Waals surface area contributed by atoms with E-state index in [-0.39, 0.29) is 12.5 Å². The van der Waals surface area contributed by atoms with Gasteiger partial charge in [0.15, 0.2) is 0 Å². The van der Waals surface area contributed by atoms with Gasteiger partial charge in [-0.2, -0.15) is 13.2 Å². The molecule has 0 saturated heterocycles. The fourth-order valence-electron chi connectivity index (χ4n) is 3.02. The molecular weight excluding hydrogens is 319 g/mol. The Labute approximate surface area is 137 Å². The Morgan fingerprint density at radius 2 is 2.17 bits per heavy atom. The Balaban J connectivity index is 1.90. The molecule has 1 heterocycles. The highest BCUT2D eigenvalue weighted by atomic mass is 19.4. The van der Waals surface area contributed by atoms with Crippen LogP contribution in [0.3, 0.4) is 0 Å². The molecule has 0 N–H and O–H groups in total. The second-order valence-corrected chi connectivity index (χ2v) is 5.70. The number of esters is 1. The first kappa shape index (κ1) is 16.4. The fraction of sp³-hybridized carbons (Fsp3) is 0.278. The van der Waals surface area contributed by atoms with Crippen LogP contribution in [0, 0.1) is 5.92 Å². The Bertz CT molecular complexity index is 747. The van der Waals surface area contributed by atoms with Crippen LogP contribution in [0.2, 0.25) is 0 Å². The van der Waals surface area contributed by atoms with E-state index in [0.717, 1.165) is 24.3 Å². The first-order valence-corrected chi connectivity index (χ1v) is 7.50. The molecule has 24 heavy (non-hydrogen) atoms. The average Bonchev–Trinajstić information content (AvgIpc) is 2.97. The molecule has 0 bridgehead atoms. The van der Waals surface area contributed by atoms with E-state index >= 15 is 0 Å². The van der Waals surface area contributed by atoms with Gasteiger partial charge in [-0.15, -0.1) is 0 Å². The number of carbonyl (C=O) groups excluding carboxylic acids is 1. The van der Waals surface area contributed by atoms with Crippen molar-refractivity contribution in [2.45, 2.75) is 19.1 Å². The maximum atomic E-state index is 12.9. The van der Waals surface area contributed by atoms with Crippen molar-refractivity contribution in [3.63, 3.8) is 0 Å². The van der Waals surface area contributed by atoms with Crippen molar-refractivity contribution in [3.05, 3.63) is 71.1 Å². The summed E-state index contributed by atoms with van der Waals surface area (Å²) in [5.41, 5.74) is 1.08. The normalized spacial score (nSPS) is 19.7. The van der Waals surface area contributed by atoms with Crippen LogP contribution in [0.4, 0.5) is 13.2 Å². The molecule has 1 aliphatic heterocycles. The van der Waals surface area contributed by atoms with Crippen molar-refractivity contribution in [2.75, 3.05) is 7.11 Å². The van der Waals surface area contributed by atoms with Crippen molar-refractivity contribution in [3.8, 4) is 0 Å². The molecule has 1 aromatic carbocycles. The van der Waals surface area contributed by atoms with E-state index in [1.165, 1.54) is 13.2 Å². The van der Waals surface area contributed by atoms with Crippen molar-refractivity contribution in [1.29, 1.82) is 0 Å². The lowest BCUT2D eigenvalue weighted by Gasteiger charge is -2.26. The van der Waals surface area contributed by atoms with E-state index in [0.29, 0.717) is 11.1 Å². The van der Waals surface area contributed by atoms with Gasteiger partial charge in [0.2, 0.25) is 0 Å². The van der Waals surface area contributed by atoms with Gasteiger partial charge >= 0.3 is 12.1 Å². The molecule has 3 rings (SSSR count). The summed E-state index contributed by atoms with van der Waals surface area (Å²) in [7, 11) is 1.31. The van der Waals surface area contributed by atoms with E-state index in [1.54, 1.807) is 12.1 Å². The van der Waals surface area contributed by atoms with Crippen LogP contribution < -0.4 is 0 Å². The summed E-state index contributed by atoms with van der Waals surface area (Å²) in [5, 5.41) is 0. The van der Waals surface area contributed by atoms with Gasteiger partial charge in [-0.05, 0) is 30.2 Å². The molecule has 0 spiro atoms. The van der Waals surface area contributed by atoms with Crippen LogP contribution in [0.15, 0.2) is 60.0 Å². The molecule has 0 aromatic heterocycles. The molecule has 0 amide bonds. The van der Waals surface area contributed by atoms with Gasteiger partial charge in [0.1, 0.15) is 0 Å². The third-order valence-electron chi connectivity index (χ3n) is 4.12. The predicted molar refractivity (Wildman–Crippen MR) is 82.4 cm³/mol. The highest BCUT2D eigenvalue weighted by molar-refractivity contribution is 5.93. The number of nitrogens with zero attached hydrogens (tertiary/aromatic N) is 1. The molecule has 1 aliphatic carbocycles. The van der Waals surface area contributed by atoms with E-state index in [1.807, 2.05) is 23.3 Å². The molecule has 1 atom stereocenters. The summed E-state index contributed by atoms with van der Waals surface area (Å²) in [4.78, 5) is 13.8. The van der Waals surface area contributed by atoms with Crippen LogP contribution >= 0.6 is 0 Å². The zero-order valence-electron chi connectivity index (χ0n) is 13.0. The largest absolute Gasteiger partial charge is 0.465 e. The second kappa shape index (κ2) is 6.19. The maximum Gasteiger partial charge on any atom is 0.416 e. The van der Waals surface area contributed by atoms with Crippen LogP contribution in [0.25, 0.3) is 0 Å². The molecule has 0 saturated carbocycles. The first-order chi connectivity index (χ1) is 11.4. The summed E-state index contributed by atoms with van der Waals surface area (Å²) in [6.07, 6.45) is 3.77. The van der Waals surface area contributed by atoms with E-state index in [2.05, 4.69) is 0 Å². The number of hydrogen-bond acceptors (Lipinski definition) is 3. The zero-order chi connectivity index (χ0) is 17.3. The number of allylic oxidation sites excluding steroid dienone is 2. The lowest BCUT2D eigenvalue weighted by molar-refractivity contribution is -0.137. The van der Waals surface area contributed by atoms with Crippen molar-refractivity contribution < 1.29 is 22.7 Å². The lowest BCUT2D eigenvalue weighted by Crippen LogP contribution is -2.22. The fourth-order valence-corrected chi connectivity index (χ4v) is 3.02. The van der Waals surface area contributed by atoms with E-state index in [9.17, 15) is 18.0 Å². The van der Waals surface area contributed by atoms with Gasteiger partial charge < -0.3 is 9.64 Å². The van der Waals surface area contributed by atoms with Gasteiger partial charge in [-0.1, -0.05) is 24.3 Å². The molecule has 0 fully saturated rings. The SMILES string of the molecule is COC(=O)C1=C2C(C=CN2Cc2cccc(C(F)(F)F)c2)CC=C1. The number of ether oxygens (including phenoxy) is 1. The van der Waals surface area contributed by atoms with Crippen molar-refractivity contribution >= 4 is 5.97 Å². The Morgan fingerprint density at radius 1 is 1.38 bits per heavy atom. The number of fused-ring (bicyclic) bond motifs is 1. The smallest absolute Gasteiger partial charge is 0.416 e.